The number of rotatable bonds is 12. The highest BCUT2D eigenvalue weighted by Gasteiger charge is 2.16. The van der Waals surface area contributed by atoms with Gasteiger partial charge in [0.2, 0.25) is 0 Å². The van der Waals surface area contributed by atoms with Gasteiger partial charge < -0.3 is 4.74 Å². The van der Waals surface area contributed by atoms with Gasteiger partial charge in [-0.1, -0.05) is 65.7 Å². The van der Waals surface area contributed by atoms with Crippen LogP contribution in [0.3, 0.4) is 0 Å². The van der Waals surface area contributed by atoms with Gasteiger partial charge in [-0.2, -0.15) is 0 Å². The van der Waals surface area contributed by atoms with E-state index in [0.29, 0.717) is 6.61 Å². The molecule has 18 heavy (non-hydrogen) atoms. The summed E-state index contributed by atoms with van der Waals surface area (Å²) in [7, 11) is 0. The van der Waals surface area contributed by atoms with Crippen LogP contribution in [0.4, 0.5) is 0 Å². The Hall–Kier alpha value is -0.530. The van der Waals surface area contributed by atoms with Gasteiger partial charge in [0, 0.05) is 0 Å². The summed E-state index contributed by atoms with van der Waals surface area (Å²) in [6, 6.07) is 0. The number of unbranched alkanes of at least 4 members (excludes halogenated alkanes) is 6. The minimum atomic E-state index is 0.0188. The molecule has 0 aliphatic rings. The van der Waals surface area contributed by atoms with Gasteiger partial charge in [-0.3, -0.25) is 4.79 Å². The summed E-state index contributed by atoms with van der Waals surface area (Å²) in [6.07, 6.45) is 11.8. The summed E-state index contributed by atoms with van der Waals surface area (Å²) in [6.45, 7) is 7.04. The molecular weight excluding hydrogens is 224 g/mol. The predicted molar refractivity (Wildman–Crippen MR) is 77.6 cm³/mol. The Bertz CT molecular complexity index is 190. The third-order valence-corrected chi connectivity index (χ3v) is 3.46. The van der Waals surface area contributed by atoms with Crippen LogP contribution < -0.4 is 0 Å². The fraction of sp³-hybridized carbons (Fsp3) is 0.938. The molecule has 0 saturated carbocycles. The minimum Gasteiger partial charge on any atom is -0.465 e. The zero-order chi connectivity index (χ0) is 13.6. The summed E-state index contributed by atoms with van der Waals surface area (Å²) in [5.74, 6) is 0.143. The number of carbonyl (C=O) groups is 1. The lowest BCUT2D eigenvalue weighted by atomic mass is 10.0. The van der Waals surface area contributed by atoms with Crippen molar-refractivity contribution in [3.8, 4) is 0 Å². The molecule has 0 rings (SSSR count). The summed E-state index contributed by atoms with van der Waals surface area (Å²) in [4.78, 5) is 11.7. The van der Waals surface area contributed by atoms with Crippen molar-refractivity contribution >= 4 is 5.97 Å². The van der Waals surface area contributed by atoms with Crippen LogP contribution in [0.25, 0.3) is 0 Å². The molecule has 0 heterocycles. The summed E-state index contributed by atoms with van der Waals surface area (Å²) < 4.78 is 5.34. The fourth-order valence-corrected chi connectivity index (χ4v) is 2.19. The van der Waals surface area contributed by atoms with Crippen LogP contribution in [0.5, 0.6) is 0 Å². The molecule has 2 nitrogen and oxygen atoms in total. The lowest BCUT2D eigenvalue weighted by Crippen LogP contribution is -2.17. The third kappa shape index (κ3) is 9.49. The van der Waals surface area contributed by atoms with E-state index >= 15 is 0 Å². The van der Waals surface area contributed by atoms with Crippen molar-refractivity contribution in [3.05, 3.63) is 0 Å². The molecular formula is C16H32O2. The van der Waals surface area contributed by atoms with Crippen LogP contribution in [-0.4, -0.2) is 12.6 Å². The van der Waals surface area contributed by atoms with Crippen molar-refractivity contribution in [3.63, 3.8) is 0 Å². The first kappa shape index (κ1) is 17.5. The average molecular weight is 256 g/mol. The highest BCUT2D eigenvalue weighted by atomic mass is 16.5. The quantitative estimate of drug-likeness (QED) is 0.358. The van der Waals surface area contributed by atoms with Crippen molar-refractivity contribution in [2.45, 2.75) is 85.0 Å². The van der Waals surface area contributed by atoms with Gasteiger partial charge in [0.1, 0.15) is 0 Å². The smallest absolute Gasteiger partial charge is 0.308 e. The number of carbonyl (C=O) groups excluding carboxylic acids is 1. The first-order valence-corrected chi connectivity index (χ1v) is 7.92. The lowest BCUT2D eigenvalue weighted by molar-refractivity contribution is -0.149. The van der Waals surface area contributed by atoms with E-state index in [-0.39, 0.29) is 11.9 Å². The zero-order valence-corrected chi connectivity index (χ0v) is 12.7. The van der Waals surface area contributed by atoms with Crippen molar-refractivity contribution in [2.24, 2.45) is 5.92 Å². The van der Waals surface area contributed by atoms with Gasteiger partial charge in [0.25, 0.3) is 0 Å². The molecule has 1 atom stereocenters. The Balaban J connectivity index is 3.39. The van der Waals surface area contributed by atoms with Crippen LogP contribution in [-0.2, 0) is 9.53 Å². The van der Waals surface area contributed by atoms with Gasteiger partial charge >= 0.3 is 5.97 Å². The van der Waals surface area contributed by atoms with E-state index in [1.54, 1.807) is 0 Å². The molecule has 108 valence electrons. The van der Waals surface area contributed by atoms with E-state index in [0.717, 1.165) is 25.7 Å². The molecule has 0 aliphatic heterocycles. The van der Waals surface area contributed by atoms with E-state index < -0.39 is 0 Å². The maximum Gasteiger partial charge on any atom is 0.308 e. The largest absolute Gasteiger partial charge is 0.465 e. The molecule has 0 aromatic carbocycles. The molecule has 0 fully saturated rings. The van der Waals surface area contributed by atoms with Crippen LogP contribution in [0, 0.1) is 5.92 Å². The monoisotopic (exact) mass is 256 g/mol. The van der Waals surface area contributed by atoms with Crippen LogP contribution in [0.2, 0.25) is 0 Å². The zero-order valence-electron chi connectivity index (χ0n) is 12.7. The van der Waals surface area contributed by atoms with Crippen molar-refractivity contribution in [1.82, 2.24) is 0 Å². The van der Waals surface area contributed by atoms with Gasteiger partial charge in [0.05, 0.1) is 12.5 Å². The topological polar surface area (TPSA) is 26.3 Å². The normalized spacial score (nSPS) is 12.4. The summed E-state index contributed by atoms with van der Waals surface area (Å²) in [5.41, 5.74) is 0. The van der Waals surface area contributed by atoms with Crippen LogP contribution >= 0.6 is 0 Å². The molecule has 0 bridgehead atoms. The molecule has 0 aromatic heterocycles. The maximum absolute atomic E-state index is 11.7. The SMILES string of the molecule is CCCCCCCCCOC(=O)C(CC)CCC. The molecule has 2 heteroatoms. The molecule has 0 amide bonds. The molecule has 0 saturated heterocycles. The molecule has 0 radical (unpaired) electrons. The summed E-state index contributed by atoms with van der Waals surface area (Å²) in [5, 5.41) is 0. The fourth-order valence-electron chi connectivity index (χ4n) is 2.19. The Morgan fingerprint density at radius 1 is 0.889 bits per heavy atom. The Labute approximate surface area is 113 Å². The molecule has 0 spiro atoms. The first-order valence-electron chi connectivity index (χ1n) is 7.92. The highest BCUT2D eigenvalue weighted by molar-refractivity contribution is 5.72. The molecule has 0 N–H and O–H groups in total. The lowest BCUT2D eigenvalue weighted by Gasteiger charge is -2.12. The van der Waals surface area contributed by atoms with Gasteiger partial charge in [-0.15, -0.1) is 0 Å². The molecule has 0 aromatic rings. The van der Waals surface area contributed by atoms with Gasteiger partial charge in [-0.25, -0.2) is 0 Å². The predicted octanol–water partition coefficient (Wildman–Crippen LogP) is 5.11. The Kier molecular flexibility index (Phi) is 12.5. The number of ether oxygens (including phenoxy) is 1. The van der Waals surface area contributed by atoms with E-state index in [1.807, 2.05) is 0 Å². The second kappa shape index (κ2) is 12.9. The van der Waals surface area contributed by atoms with E-state index in [9.17, 15) is 4.79 Å². The van der Waals surface area contributed by atoms with Gasteiger partial charge in [-0.05, 0) is 19.3 Å². The second-order valence-corrected chi connectivity index (χ2v) is 5.18. The van der Waals surface area contributed by atoms with E-state index in [4.69, 9.17) is 4.74 Å². The minimum absolute atomic E-state index is 0.0188. The second-order valence-electron chi connectivity index (χ2n) is 5.18. The van der Waals surface area contributed by atoms with E-state index in [1.165, 1.54) is 38.5 Å². The molecule has 1 unspecified atom stereocenters. The van der Waals surface area contributed by atoms with Crippen molar-refractivity contribution in [2.75, 3.05) is 6.61 Å². The van der Waals surface area contributed by atoms with Crippen LogP contribution in [0.15, 0.2) is 0 Å². The van der Waals surface area contributed by atoms with Crippen LogP contribution in [0.1, 0.15) is 85.0 Å². The number of hydrogen-bond donors (Lipinski definition) is 0. The first-order chi connectivity index (χ1) is 8.76. The van der Waals surface area contributed by atoms with Gasteiger partial charge in [0.15, 0.2) is 0 Å². The third-order valence-electron chi connectivity index (χ3n) is 3.46. The molecule has 0 aliphatic carbocycles. The number of esters is 1. The Morgan fingerprint density at radius 3 is 2.06 bits per heavy atom. The maximum atomic E-state index is 11.7. The van der Waals surface area contributed by atoms with Crippen molar-refractivity contribution in [1.29, 1.82) is 0 Å². The Morgan fingerprint density at radius 2 is 1.50 bits per heavy atom. The standard InChI is InChI=1S/C16H32O2/c1-4-7-8-9-10-11-12-14-18-16(17)15(6-3)13-5-2/h15H,4-14H2,1-3H3. The highest BCUT2D eigenvalue weighted by Crippen LogP contribution is 2.13. The number of hydrogen-bond acceptors (Lipinski definition) is 2. The average Bonchev–Trinajstić information content (AvgIpc) is 2.38. The summed E-state index contributed by atoms with van der Waals surface area (Å²) >= 11 is 0. The van der Waals surface area contributed by atoms with Crippen molar-refractivity contribution < 1.29 is 9.53 Å². The van der Waals surface area contributed by atoms with E-state index in [2.05, 4.69) is 20.8 Å².